The fourth-order valence-electron chi connectivity index (χ4n) is 3.74. The number of hydrogen-bond acceptors (Lipinski definition) is 5. The first-order valence-electron chi connectivity index (χ1n) is 8.24. The summed E-state index contributed by atoms with van der Waals surface area (Å²) < 4.78 is 35.5. The van der Waals surface area contributed by atoms with E-state index in [1.807, 2.05) is 31.2 Å². The average molecular weight is 340 g/mol. The van der Waals surface area contributed by atoms with Gasteiger partial charge in [-0.05, 0) is 44.7 Å². The number of benzene rings is 1. The van der Waals surface area contributed by atoms with Gasteiger partial charge in [0.2, 0.25) is 0 Å². The molecule has 2 bridgehead atoms. The van der Waals surface area contributed by atoms with Crippen LogP contribution in [0.2, 0.25) is 0 Å². The van der Waals surface area contributed by atoms with Gasteiger partial charge in [0.15, 0.2) is 21.3 Å². The lowest BCUT2D eigenvalue weighted by Gasteiger charge is -2.36. The quantitative estimate of drug-likeness (QED) is 0.860. The van der Waals surface area contributed by atoms with Gasteiger partial charge in [0, 0.05) is 6.42 Å². The second-order valence-electron chi connectivity index (χ2n) is 6.52. The van der Waals surface area contributed by atoms with Crippen molar-refractivity contribution in [2.75, 3.05) is 13.2 Å². The third kappa shape index (κ3) is 3.33. The van der Waals surface area contributed by atoms with Crippen molar-refractivity contribution in [3.05, 3.63) is 24.3 Å². The standard InChI is InChI=1S/C17H24O5S/c1-2-21-15-5-3-4-6-16(15)22-10-9-17(18)11-13-7-8-14(12-17)23(13,19)20/h3-6,13-14,18H,2,7-12H2,1H3. The minimum atomic E-state index is -3.01. The molecule has 0 aliphatic carbocycles. The molecule has 0 spiro atoms. The summed E-state index contributed by atoms with van der Waals surface area (Å²) in [4.78, 5) is 0. The summed E-state index contributed by atoms with van der Waals surface area (Å²) in [5.41, 5.74) is -0.933. The van der Waals surface area contributed by atoms with E-state index in [2.05, 4.69) is 0 Å². The van der Waals surface area contributed by atoms with Crippen LogP contribution in [-0.4, -0.2) is 42.8 Å². The maximum absolute atomic E-state index is 12.1. The Morgan fingerprint density at radius 3 is 2.26 bits per heavy atom. The topological polar surface area (TPSA) is 72.8 Å². The molecule has 128 valence electrons. The van der Waals surface area contributed by atoms with E-state index < -0.39 is 15.4 Å². The number of rotatable bonds is 6. The Hall–Kier alpha value is -1.27. The normalized spacial score (nSPS) is 31.7. The summed E-state index contributed by atoms with van der Waals surface area (Å²) in [6, 6.07) is 7.44. The van der Waals surface area contributed by atoms with Crippen LogP contribution >= 0.6 is 0 Å². The third-order valence-electron chi connectivity index (χ3n) is 4.93. The van der Waals surface area contributed by atoms with Crippen LogP contribution < -0.4 is 9.47 Å². The van der Waals surface area contributed by atoms with Gasteiger partial charge in [-0.2, -0.15) is 0 Å². The van der Waals surface area contributed by atoms with E-state index in [1.165, 1.54) is 0 Å². The zero-order valence-electron chi connectivity index (χ0n) is 13.4. The second kappa shape index (κ2) is 6.32. The van der Waals surface area contributed by atoms with Crippen LogP contribution in [0.4, 0.5) is 0 Å². The van der Waals surface area contributed by atoms with Crippen molar-refractivity contribution in [2.45, 2.75) is 55.1 Å². The van der Waals surface area contributed by atoms with Gasteiger partial charge in [-0.3, -0.25) is 0 Å². The Bertz CT molecular complexity index is 635. The van der Waals surface area contributed by atoms with Crippen LogP contribution in [0.15, 0.2) is 24.3 Å². The lowest BCUT2D eigenvalue weighted by molar-refractivity contribution is 0.00185. The first kappa shape index (κ1) is 16.6. The first-order chi connectivity index (χ1) is 10.9. The van der Waals surface area contributed by atoms with Crippen molar-refractivity contribution in [2.24, 2.45) is 0 Å². The van der Waals surface area contributed by atoms with E-state index in [1.54, 1.807) is 0 Å². The Kier molecular flexibility index (Phi) is 4.56. The molecule has 2 heterocycles. The Morgan fingerprint density at radius 2 is 1.70 bits per heavy atom. The SMILES string of the molecule is CCOc1ccccc1OCCC1(O)CC2CCC(C1)S2(=O)=O. The number of hydrogen-bond donors (Lipinski definition) is 1. The van der Waals surface area contributed by atoms with E-state index in [4.69, 9.17) is 9.47 Å². The van der Waals surface area contributed by atoms with Crippen molar-refractivity contribution in [3.8, 4) is 11.5 Å². The Labute approximate surface area is 137 Å². The zero-order valence-corrected chi connectivity index (χ0v) is 14.2. The molecule has 2 aliphatic rings. The van der Waals surface area contributed by atoms with Gasteiger partial charge >= 0.3 is 0 Å². The molecular weight excluding hydrogens is 316 g/mol. The van der Waals surface area contributed by atoms with Gasteiger partial charge in [-0.1, -0.05) is 12.1 Å². The predicted molar refractivity (Wildman–Crippen MR) is 87.6 cm³/mol. The molecular formula is C17H24O5S. The highest BCUT2D eigenvalue weighted by atomic mass is 32.2. The predicted octanol–water partition coefficient (Wildman–Crippen LogP) is 2.32. The van der Waals surface area contributed by atoms with Crippen LogP contribution in [0, 0.1) is 0 Å². The van der Waals surface area contributed by atoms with Crippen LogP contribution in [0.25, 0.3) is 0 Å². The number of aliphatic hydroxyl groups is 1. The fourth-order valence-corrected chi connectivity index (χ4v) is 6.30. The van der Waals surface area contributed by atoms with Crippen molar-refractivity contribution in [3.63, 3.8) is 0 Å². The summed E-state index contributed by atoms with van der Waals surface area (Å²) in [5, 5.41) is 10.0. The Balaban J connectivity index is 1.59. The molecule has 1 aromatic carbocycles. The van der Waals surface area contributed by atoms with Gasteiger partial charge in [-0.15, -0.1) is 0 Å². The van der Waals surface area contributed by atoms with E-state index in [0.717, 1.165) is 0 Å². The van der Waals surface area contributed by atoms with Gasteiger partial charge in [0.25, 0.3) is 0 Å². The number of fused-ring (bicyclic) bond motifs is 2. The number of sulfone groups is 1. The molecule has 2 saturated heterocycles. The molecule has 1 aromatic rings. The van der Waals surface area contributed by atoms with Crippen molar-refractivity contribution >= 4 is 9.84 Å². The molecule has 2 aliphatic heterocycles. The van der Waals surface area contributed by atoms with Crippen molar-refractivity contribution in [1.29, 1.82) is 0 Å². The molecule has 0 amide bonds. The highest BCUT2D eigenvalue weighted by Gasteiger charge is 2.52. The summed E-state index contributed by atoms with van der Waals surface area (Å²) in [6.07, 6.45) is 2.48. The van der Waals surface area contributed by atoms with Gasteiger partial charge in [0.1, 0.15) is 0 Å². The van der Waals surface area contributed by atoms with E-state index in [-0.39, 0.29) is 10.5 Å². The molecule has 2 unspecified atom stereocenters. The molecule has 0 radical (unpaired) electrons. The largest absolute Gasteiger partial charge is 0.490 e. The molecule has 1 N–H and O–H groups in total. The molecule has 0 saturated carbocycles. The number of ether oxygens (including phenoxy) is 2. The lowest BCUT2D eigenvalue weighted by Crippen LogP contribution is -2.45. The van der Waals surface area contributed by atoms with E-state index >= 15 is 0 Å². The highest BCUT2D eigenvalue weighted by molar-refractivity contribution is 7.93. The second-order valence-corrected chi connectivity index (χ2v) is 9.03. The van der Waals surface area contributed by atoms with Crippen LogP contribution in [0.5, 0.6) is 11.5 Å². The van der Waals surface area contributed by atoms with Crippen molar-refractivity contribution in [1.82, 2.24) is 0 Å². The monoisotopic (exact) mass is 340 g/mol. The summed E-state index contributed by atoms with van der Waals surface area (Å²) in [7, 11) is -3.01. The minimum Gasteiger partial charge on any atom is -0.490 e. The van der Waals surface area contributed by atoms with Gasteiger partial charge < -0.3 is 14.6 Å². The molecule has 23 heavy (non-hydrogen) atoms. The molecule has 2 atom stereocenters. The molecule has 5 nitrogen and oxygen atoms in total. The summed E-state index contributed by atoms with van der Waals surface area (Å²) in [5.74, 6) is 1.35. The average Bonchev–Trinajstić information content (AvgIpc) is 2.68. The summed E-state index contributed by atoms with van der Waals surface area (Å²) in [6.45, 7) is 2.82. The third-order valence-corrected chi connectivity index (χ3v) is 7.59. The lowest BCUT2D eigenvalue weighted by atomic mass is 9.90. The van der Waals surface area contributed by atoms with Crippen LogP contribution in [0.1, 0.15) is 39.0 Å². The maximum Gasteiger partial charge on any atom is 0.161 e. The molecule has 2 fully saturated rings. The molecule has 0 aromatic heterocycles. The maximum atomic E-state index is 12.1. The Morgan fingerprint density at radius 1 is 1.13 bits per heavy atom. The minimum absolute atomic E-state index is 0.336. The number of para-hydroxylation sites is 2. The first-order valence-corrected chi connectivity index (χ1v) is 9.85. The van der Waals surface area contributed by atoms with Crippen LogP contribution in [0.3, 0.4) is 0 Å². The van der Waals surface area contributed by atoms with Gasteiger partial charge in [0.05, 0.1) is 29.3 Å². The van der Waals surface area contributed by atoms with E-state index in [9.17, 15) is 13.5 Å². The highest BCUT2D eigenvalue weighted by Crippen LogP contribution is 2.44. The van der Waals surface area contributed by atoms with Crippen LogP contribution in [-0.2, 0) is 9.84 Å². The molecule has 3 rings (SSSR count). The molecule has 6 heteroatoms. The smallest absolute Gasteiger partial charge is 0.161 e. The van der Waals surface area contributed by atoms with Gasteiger partial charge in [-0.25, -0.2) is 8.42 Å². The zero-order chi connectivity index (χ0) is 16.5. The fraction of sp³-hybridized carbons (Fsp3) is 0.647. The van der Waals surface area contributed by atoms with E-state index in [0.29, 0.717) is 56.8 Å². The summed E-state index contributed by atoms with van der Waals surface area (Å²) >= 11 is 0. The van der Waals surface area contributed by atoms with Crippen molar-refractivity contribution < 1.29 is 23.0 Å².